The van der Waals surface area contributed by atoms with Gasteiger partial charge in [-0.3, -0.25) is 9.79 Å². The van der Waals surface area contributed by atoms with Crippen molar-refractivity contribution in [2.75, 3.05) is 18.1 Å². The Morgan fingerprint density at radius 3 is 2.68 bits per heavy atom. The number of carbonyl (C=O) groups is 1. The SMILES string of the molecule is CCCCc1ccc(NC(=O)CC2CS/C(=N\C3CC3)N2C)cc1.Cl. The lowest BCUT2D eigenvalue weighted by Crippen LogP contribution is -2.33. The summed E-state index contributed by atoms with van der Waals surface area (Å²) in [5, 5.41) is 4.13. The van der Waals surface area contributed by atoms with Crippen LogP contribution in [0, 0.1) is 0 Å². The quantitative estimate of drug-likeness (QED) is 0.763. The number of anilines is 1. The molecule has 25 heavy (non-hydrogen) atoms. The number of hydrogen-bond donors (Lipinski definition) is 1. The highest BCUT2D eigenvalue weighted by molar-refractivity contribution is 8.14. The largest absolute Gasteiger partial charge is 0.350 e. The fraction of sp³-hybridized carbons (Fsp3) is 0.579. The zero-order chi connectivity index (χ0) is 16.9. The van der Waals surface area contributed by atoms with Gasteiger partial charge in [0.15, 0.2) is 5.17 Å². The Morgan fingerprint density at radius 1 is 1.32 bits per heavy atom. The fourth-order valence-electron chi connectivity index (χ4n) is 2.79. The van der Waals surface area contributed by atoms with Gasteiger partial charge in [-0.25, -0.2) is 0 Å². The summed E-state index contributed by atoms with van der Waals surface area (Å²) in [5.41, 5.74) is 2.23. The number of halogens is 1. The number of nitrogens with one attached hydrogen (secondary N) is 1. The molecule has 1 saturated carbocycles. The van der Waals surface area contributed by atoms with Crippen LogP contribution < -0.4 is 5.32 Å². The lowest BCUT2D eigenvalue weighted by atomic mass is 10.1. The Morgan fingerprint density at radius 2 is 2.04 bits per heavy atom. The van der Waals surface area contributed by atoms with E-state index in [1.807, 2.05) is 12.1 Å². The average Bonchev–Trinajstić information content (AvgIpc) is 3.34. The third kappa shape index (κ3) is 5.93. The summed E-state index contributed by atoms with van der Waals surface area (Å²) in [7, 11) is 2.06. The summed E-state index contributed by atoms with van der Waals surface area (Å²) in [4.78, 5) is 19.2. The minimum atomic E-state index is 0. The molecule has 1 heterocycles. The first-order chi connectivity index (χ1) is 11.7. The predicted octanol–water partition coefficient (Wildman–Crippen LogP) is 4.35. The van der Waals surface area contributed by atoms with E-state index in [9.17, 15) is 4.79 Å². The molecule has 4 nitrogen and oxygen atoms in total. The van der Waals surface area contributed by atoms with Gasteiger partial charge in [0.25, 0.3) is 0 Å². The van der Waals surface area contributed by atoms with Crippen molar-refractivity contribution in [3.63, 3.8) is 0 Å². The molecule has 138 valence electrons. The molecule has 0 bridgehead atoms. The van der Waals surface area contributed by atoms with Crippen LogP contribution in [0.5, 0.6) is 0 Å². The number of rotatable bonds is 7. The Balaban J connectivity index is 0.00000225. The van der Waals surface area contributed by atoms with Crippen LogP contribution in [0.25, 0.3) is 0 Å². The van der Waals surface area contributed by atoms with Gasteiger partial charge >= 0.3 is 0 Å². The van der Waals surface area contributed by atoms with Gasteiger partial charge in [0, 0.05) is 31.0 Å². The third-order valence-corrected chi connectivity index (χ3v) is 5.77. The van der Waals surface area contributed by atoms with Crippen LogP contribution in [0.1, 0.15) is 44.6 Å². The van der Waals surface area contributed by atoms with Crippen LogP contribution in [-0.2, 0) is 11.2 Å². The zero-order valence-corrected chi connectivity index (χ0v) is 16.7. The van der Waals surface area contributed by atoms with E-state index < -0.39 is 0 Å². The fourth-order valence-corrected chi connectivity index (χ4v) is 4.05. The number of aliphatic imine (C=N–C) groups is 1. The van der Waals surface area contributed by atoms with E-state index in [-0.39, 0.29) is 24.4 Å². The summed E-state index contributed by atoms with van der Waals surface area (Å²) < 4.78 is 0. The molecule has 1 aliphatic carbocycles. The maximum Gasteiger partial charge on any atom is 0.226 e. The monoisotopic (exact) mass is 381 g/mol. The molecular weight excluding hydrogens is 354 g/mol. The molecule has 1 atom stereocenters. The van der Waals surface area contributed by atoms with E-state index in [0.717, 1.165) is 23.0 Å². The second-order valence-electron chi connectivity index (χ2n) is 6.77. The summed E-state index contributed by atoms with van der Waals surface area (Å²) in [6.07, 6.45) is 6.48. The first-order valence-electron chi connectivity index (χ1n) is 8.98. The first kappa shape index (κ1) is 20.1. The van der Waals surface area contributed by atoms with Crippen molar-refractivity contribution in [2.45, 2.75) is 57.5 Å². The number of hydrogen-bond acceptors (Lipinski definition) is 3. The summed E-state index contributed by atoms with van der Waals surface area (Å²) in [6.45, 7) is 2.20. The van der Waals surface area contributed by atoms with Crippen LogP contribution in [0.4, 0.5) is 5.69 Å². The average molecular weight is 382 g/mol. The molecular formula is C19H28ClN3OS. The van der Waals surface area contributed by atoms with Crippen molar-refractivity contribution in [1.82, 2.24) is 4.90 Å². The predicted molar refractivity (Wildman–Crippen MR) is 110 cm³/mol. The first-order valence-corrected chi connectivity index (χ1v) is 9.96. The maximum atomic E-state index is 12.3. The highest BCUT2D eigenvalue weighted by Gasteiger charge is 2.31. The van der Waals surface area contributed by atoms with E-state index in [1.165, 1.54) is 31.2 Å². The van der Waals surface area contributed by atoms with Gasteiger partial charge in [0.05, 0.1) is 6.04 Å². The van der Waals surface area contributed by atoms with Crippen molar-refractivity contribution >= 4 is 40.9 Å². The Bertz CT molecular complexity index is 601. The number of nitrogens with zero attached hydrogens (tertiary/aromatic N) is 2. The Kier molecular flexibility index (Phi) is 7.63. The van der Waals surface area contributed by atoms with Gasteiger partial charge < -0.3 is 10.2 Å². The zero-order valence-electron chi connectivity index (χ0n) is 15.0. The van der Waals surface area contributed by atoms with Crippen molar-refractivity contribution in [1.29, 1.82) is 0 Å². The highest BCUT2D eigenvalue weighted by atomic mass is 35.5. The lowest BCUT2D eigenvalue weighted by molar-refractivity contribution is -0.116. The second-order valence-corrected chi connectivity index (χ2v) is 7.76. The summed E-state index contributed by atoms with van der Waals surface area (Å²) in [6, 6.07) is 9.03. The smallest absolute Gasteiger partial charge is 0.226 e. The van der Waals surface area contributed by atoms with Crippen molar-refractivity contribution < 1.29 is 4.79 Å². The molecule has 2 fully saturated rings. The molecule has 2 aliphatic rings. The normalized spacial score (nSPS) is 21.3. The van der Waals surface area contributed by atoms with Gasteiger partial charge in [-0.05, 0) is 43.4 Å². The Hall–Kier alpha value is -1.20. The van der Waals surface area contributed by atoms with E-state index in [1.54, 1.807) is 11.8 Å². The highest BCUT2D eigenvalue weighted by Crippen LogP contribution is 2.30. The minimum Gasteiger partial charge on any atom is -0.350 e. The van der Waals surface area contributed by atoms with E-state index in [4.69, 9.17) is 4.99 Å². The van der Waals surface area contributed by atoms with Gasteiger partial charge in [0.2, 0.25) is 5.91 Å². The number of carbonyl (C=O) groups excluding carboxylic acids is 1. The van der Waals surface area contributed by atoms with Gasteiger partial charge in [-0.1, -0.05) is 37.2 Å². The molecule has 3 rings (SSSR count). The second kappa shape index (κ2) is 9.48. The molecule has 0 radical (unpaired) electrons. The van der Waals surface area contributed by atoms with E-state index in [0.29, 0.717) is 12.5 Å². The lowest BCUT2D eigenvalue weighted by Gasteiger charge is -2.20. The van der Waals surface area contributed by atoms with Gasteiger partial charge in [-0.2, -0.15) is 0 Å². The van der Waals surface area contributed by atoms with Crippen molar-refractivity contribution in [3.05, 3.63) is 29.8 Å². The molecule has 0 spiro atoms. The van der Waals surface area contributed by atoms with E-state index in [2.05, 4.69) is 36.3 Å². The van der Waals surface area contributed by atoms with Gasteiger partial charge in [0.1, 0.15) is 0 Å². The summed E-state index contributed by atoms with van der Waals surface area (Å²) >= 11 is 1.78. The molecule has 1 N–H and O–H groups in total. The number of benzene rings is 1. The Labute approximate surface area is 161 Å². The minimum absolute atomic E-state index is 0. The molecule has 6 heteroatoms. The number of amidine groups is 1. The summed E-state index contributed by atoms with van der Waals surface area (Å²) in [5.74, 6) is 1.03. The van der Waals surface area contributed by atoms with Gasteiger partial charge in [-0.15, -0.1) is 12.4 Å². The number of thioether (sulfide) groups is 1. The van der Waals surface area contributed by atoms with Crippen LogP contribution in [0.15, 0.2) is 29.3 Å². The van der Waals surface area contributed by atoms with E-state index >= 15 is 0 Å². The maximum absolute atomic E-state index is 12.3. The molecule has 1 amide bonds. The van der Waals surface area contributed by atoms with Crippen LogP contribution >= 0.6 is 24.2 Å². The topological polar surface area (TPSA) is 44.7 Å². The molecule has 1 aromatic rings. The molecule has 1 saturated heterocycles. The molecule has 1 unspecified atom stereocenters. The van der Waals surface area contributed by atoms with Crippen molar-refractivity contribution in [2.24, 2.45) is 4.99 Å². The third-order valence-electron chi connectivity index (χ3n) is 4.57. The number of aryl methyl sites for hydroxylation is 1. The molecule has 1 aromatic carbocycles. The van der Waals surface area contributed by atoms with Crippen molar-refractivity contribution in [3.8, 4) is 0 Å². The molecule has 0 aromatic heterocycles. The van der Waals surface area contributed by atoms with Crippen LogP contribution in [0.3, 0.4) is 0 Å². The standard InChI is InChI=1S/C19H27N3OS.ClH/c1-3-4-5-14-6-8-15(9-7-14)20-18(23)12-17-13-24-19(22(17)2)21-16-10-11-16;/h6-9,16-17H,3-5,10-13H2,1-2H3,(H,20,23);1H/b21-19-;. The number of amides is 1. The van der Waals surface area contributed by atoms with Crippen LogP contribution in [0.2, 0.25) is 0 Å². The van der Waals surface area contributed by atoms with Crippen LogP contribution in [-0.4, -0.2) is 40.9 Å². The number of unbranched alkanes of at least 4 members (excludes halogenated alkanes) is 1. The molecule has 1 aliphatic heterocycles.